The fourth-order valence-electron chi connectivity index (χ4n) is 3.78. The molecule has 4 rings (SSSR count). The van der Waals surface area contributed by atoms with Gasteiger partial charge in [0.25, 0.3) is 0 Å². The Morgan fingerprint density at radius 1 is 1.06 bits per heavy atom. The number of nitrogens with zero attached hydrogens (tertiary/aromatic N) is 3. The number of carbonyl (C=O) groups excluding carboxylic acids is 1. The van der Waals surface area contributed by atoms with E-state index >= 15 is 0 Å². The number of likely N-dealkylation sites (N-methyl/N-ethyl adjacent to an activating group) is 1. The number of rotatable bonds is 8. The monoisotopic (exact) mass is 464 g/mol. The number of carbonyl (C=O) groups is 2. The van der Waals surface area contributed by atoms with Crippen LogP contribution in [0.5, 0.6) is 0 Å². The summed E-state index contributed by atoms with van der Waals surface area (Å²) in [6.45, 7) is 5.66. The van der Waals surface area contributed by atoms with Gasteiger partial charge in [-0.3, -0.25) is 9.69 Å². The molecule has 1 aliphatic heterocycles. The van der Waals surface area contributed by atoms with E-state index in [1.54, 1.807) is 23.5 Å². The van der Waals surface area contributed by atoms with E-state index in [9.17, 15) is 9.59 Å². The molecule has 1 aliphatic rings. The van der Waals surface area contributed by atoms with Gasteiger partial charge in [0.15, 0.2) is 0 Å². The van der Waals surface area contributed by atoms with E-state index in [-0.39, 0.29) is 17.9 Å². The zero-order chi connectivity index (χ0) is 23.2. The van der Waals surface area contributed by atoms with Crippen molar-refractivity contribution >= 4 is 23.2 Å². The minimum absolute atomic E-state index is 0.113. The Balaban J connectivity index is 1.31. The molecule has 0 radical (unpaired) electrons. The zero-order valence-electron chi connectivity index (χ0n) is 18.7. The molecule has 1 saturated heterocycles. The van der Waals surface area contributed by atoms with E-state index in [1.807, 2.05) is 5.38 Å². The van der Waals surface area contributed by atoms with Gasteiger partial charge in [-0.05, 0) is 36.4 Å². The summed E-state index contributed by atoms with van der Waals surface area (Å²) in [6, 6.07) is 15.0. The lowest BCUT2D eigenvalue weighted by atomic mass is 10.1. The molecule has 1 amide bonds. The summed E-state index contributed by atoms with van der Waals surface area (Å²) in [6.07, 6.45) is 0.213. The Hall–Kier alpha value is -3.07. The number of benzene rings is 2. The fourth-order valence-corrected chi connectivity index (χ4v) is 4.60. The van der Waals surface area contributed by atoms with Crippen molar-refractivity contribution in [1.29, 1.82) is 0 Å². The Morgan fingerprint density at radius 3 is 2.55 bits per heavy atom. The first-order valence-corrected chi connectivity index (χ1v) is 11.9. The molecule has 0 saturated carbocycles. The molecule has 0 spiro atoms. The summed E-state index contributed by atoms with van der Waals surface area (Å²) in [4.78, 5) is 32.8. The van der Waals surface area contributed by atoms with Gasteiger partial charge in [0.05, 0.1) is 17.7 Å². The average molecular weight is 465 g/mol. The molecule has 172 valence electrons. The minimum atomic E-state index is -0.963. The molecule has 1 aromatic heterocycles. The van der Waals surface area contributed by atoms with Crippen LogP contribution in [0.25, 0.3) is 10.6 Å². The van der Waals surface area contributed by atoms with Crippen LogP contribution in [0.3, 0.4) is 0 Å². The van der Waals surface area contributed by atoms with E-state index in [4.69, 9.17) is 5.11 Å². The number of hydrogen-bond donors (Lipinski definition) is 2. The SMILES string of the molecule is CN1CCN(Cc2cccc(-c3nc(CC(=O)NCc4ccc(C(=O)O)cc4)cs3)c2)CC1. The molecular formula is C25H28N4O3S. The summed E-state index contributed by atoms with van der Waals surface area (Å²) in [5.74, 6) is -1.08. The van der Waals surface area contributed by atoms with Gasteiger partial charge in [0, 0.05) is 50.2 Å². The van der Waals surface area contributed by atoms with Crippen LogP contribution in [0.15, 0.2) is 53.9 Å². The summed E-state index contributed by atoms with van der Waals surface area (Å²) in [5.41, 5.74) is 4.19. The topological polar surface area (TPSA) is 85.8 Å². The molecule has 0 bridgehead atoms. The van der Waals surface area contributed by atoms with Crippen LogP contribution >= 0.6 is 11.3 Å². The molecule has 2 aromatic carbocycles. The predicted molar refractivity (Wildman–Crippen MR) is 129 cm³/mol. The second-order valence-electron chi connectivity index (χ2n) is 8.38. The van der Waals surface area contributed by atoms with Gasteiger partial charge in [-0.2, -0.15) is 0 Å². The molecule has 1 fully saturated rings. The third-order valence-electron chi connectivity index (χ3n) is 5.76. The van der Waals surface area contributed by atoms with Crippen LogP contribution in [0.2, 0.25) is 0 Å². The second kappa shape index (κ2) is 10.7. The molecule has 2 heterocycles. The first-order valence-electron chi connectivity index (χ1n) is 11.0. The lowest BCUT2D eigenvalue weighted by molar-refractivity contribution is -0.120. The van der Waals surface area contributed by atoms with Crippen LogP contribution in [0.1, 0.15) is 27.2 Å². The summed E-state index contributed by atoms with van der Waals surface area (Å²) in [7, 11) is 2.16. The van der Waals surface area contributed by atoms with E-state index in [2.05, 4.69) is 51.4 Å². The molecule has 3 aromatic rings. The molecule has 0 aliphatic carbocycles. The standard InChI is InChI=1S/C25H28N4O3S/c1-28-9-11-29(12-10-28)16-19-3-2-4-21(13-19)24-27-22(17-33-24)14-23(30)26-15-18-5-7-20(8-6-18)25(31)32/h2-8,13,17H,9-12,14-16H2,1H3,(H,26,30)(H,31,32). The fraction of sp³-hybridized carbons (Fsp3) is 0.320. The van der Waals surface area contributed by atoms with Crippen molar-refractivity contribution in [3.63, 3.8) is 0 Å². The van der Waals surface area contributed by atoms with Crippen molar-refractivity contribution in [3.8, 4) is 10.6 Å². The highest BCUT2D eigenvalue weighted by Gasteiger charge is 2.15. The Bertz CT molecular complexity index is 1100. The van der Waals surface area contributed by atoms with E-state index in [0.29, 0.717) is 6.54 Å². The summed E-state index contributed by atoms with van der Waals surface area (Å²) in [5, 5.41) is 14.7. The largest absolute Gasteiger partial charge is 0.478 e. The Morgan fingerprint density at radius 2 is 1.82 bits per heavy atom. The predicted octanol–water partition coefficient (Wildman–Crippen LogP) is 3.11. The molecule has 0 unspecified atom stereocenters. The first-order chi connectivity index (χ1) is 16.0. The van der Waals surface area contributed by atoms with Gasteiger partial charge in [-0.1, -0.05) is 30.3 Å². The maximum Gasteiger partial charge on any atom is 0.335 e. The van der Waals surface area contributed by atoms with Crippen molar-refractivity contribution < 1.29 is 14.7 Å². The molecular weight excluding hydrogens is 436 g/mol. The third kappa shape index (κ3) is 6.47. The maximum atomic E-state index is 12.4. The average Bonchev–Trinajstić information content (AvgIpc) is 3.28. The number of thiazole rings is 1. The quantitative estimate of drug-likeness (QED) is 0.533. The number of carboxylic acids is 1. The Kier molecular flexibility index (Phi) is 7.49. The van der Waals surface area contributed by atoms with Crippen LogP contribution < -0.4 is 5.32 Å². The molecule has 33 heavy (non-hydrogen) atoms. The van der Waals surface area contributed by atoms with Crippen molar-refractivity contribution in [1.82, 2.24) is 20.1 Å². The smallest absolute Gasteiger partial charge is 0.335 e. The minimum Gasteiger partial charge on any atom is -0.478 e. The van der Waals surface area contributed by atoms with Crippen LogP contribution in [-0.4, -0.2) is 65.0 Å². The third-order valence-corrected chi connectivity index (χ3v) is 6.70. The zero-order valence-corrected chi connectivity index (χ0v) is 19.5. The van der Waals surface area contributed by atoms with Crippen molar-refractivity contribution in [2.45, 2.75) is 19.5 Å². The van der Waals surface area contributed by atoms with Crippen molar-refractivity contribution in [2.75, 3.05) is 33.2 Å². The van der Waals surface area contributed by atoms with Crippen LogP contribution in [-0.2, 0) is 24.3 Å². The second-order valence-corrected chi connectivity index (χ2v) is 9.24. The van der Waals surface area contributed by atoms with E-state index < -0.39 is 5.97 Å². The number of hydrogen-bond acceptors (Lipinski definition) is 6. The van der Waals surface area contributed by atoms with Gasteiger partial charge in [-0.15, -0.1) is 11.3 Å². The van der Waals surface area contributed by atoms with Gasteiger partial charge >= 0.3 is 5.97 Å². The lowest BCUT2D eigenvalue weighted by Gasteiger charge is -2.32. The number of aromatic nitrogens is 1. The highest BCUT2D eigenvalue weighted by atomic mass is 32.1. The molecule has 0 atom stereocenters. The molecule has 7 nitrogen and oxygen atoms in total. The van der Waals surface area contributed by atoms with Crippen LogP contribution in [0.4, 0.5) is 0 Å². The first kappa shape index (κ1) is 23.1. The summed E-state index contributed by atoms with van der Waals surface area (Å²) < 4.78 is 0. The lowest BCUT2D eigenvalue weighted by Crippen LogP contribution is -2.43. The Labute approximate surface area is 197 Å². The van der Waals surface area contributed by atoms with Crippen molar-refractivity contribution in [2.24, 2.45) is 0 Å². The molecule has 2 N–H and O–H groups in total. The van der Waals surface area contributed by atoms with Gasteiger partial charge in [0.2, 0.25) is 5.91 Å². The number of aromatic carboxylic acids is 1. The maximum absolute atomic E-state index is 12.4. The van der Waals surface area contributed by atoms with Crippen LogP contribution in [0, 0.1) is 0 Å². The highest BCUT2D eigenvalue weighted by molar-refractivity contribution is 7.13. The number of piperazine rings is 1. The van der Waals surface area contributed by atoms with Gasteiger partial charge in [-0.25, -0.2) is 9.78 Å². The number of amides is 1. The van der Waals surface area contributed by atoms with E-state index in [0.717, 1.165) is 54.6 Å². The highest BCUT2D eigenvalue weighted by Crippen LogP contribution is 2.25. The number of nitrogens with one attached hydrogen (secondary N) is 1. The van der Waals surface area contributed by atoms with Gasteiger partial charge in [0.1, 0.15) is 5.01 Å². The number of carboxylic acid groups (broad SMARTS) is 1. The summed E-state index contributed by atoms with van der Waals surface area (Å²) >= 11 is 1.55. The normalized spacial score (nSPS) is 14.8. The molecule has 8 heteroatoms. The van der Waals surface area contributed by atoms with Crippen molar-refractivity contribution in [3.05, 3.63) is 76.3 Å². The van der Waals surface area contributed by atoms with Gasteiger partial charge < -0.3 is 15.3 Å². The van der Waals surface area contributed by atoms with E-state index in [1.165, 1.54) is 17.7 Å².